The molecule has 13 heteroatoms. The van der Waals surface area contributed by atoms with Crippen LogP contribution < -0.4 is 11.2 Å². The molecule has 1 aliphatic rings. The van der Waals surface area contributed by atoms with Crippen molar-refractivity contribution in [3.63, 3.8) is 0 Å². The molecule has 1 aliphatic heterocycles. The second-order valence-corrected chi connectivity index (χ2v) is 9.30. The molecule has 0 spiro atoms. The summed E-state index contributed by atoms with van der Waals surface area (Å²) in [6.45, 7) is 0.965. The molecule has 4 unspecified atom stereocenters. The van der Waals surface area contributed by atoms with Gasteiger partial charge < -0.3 is 24.7 Å². The maximum Gasteiger partial charge on any atom is 0.469 e. The molecule has 1 aromatic carbocycles. The van der Waals surface area contributed by atoms with Crippen LogP contribution in [0.4, 0.5) is 0 Å². The minimum Gasteiger partial charge on any atom is -0.387 e. The Morgan fingerprint density at radius 1 is 1.09 bits per heavy atom. The van der Waals surface area contributed by atoms with Crippen molar-refractivity contribution in [3.8, 4) is 11.1 Å². The molecule has 0 saturated carbocycles. The van der Waals surface area contributed by atoms with Gasteiger partial charge in [-0.1, -0.05) is 30.3 Å². The molecule has 4 atom stereocenters. The van der Waals surface area contributed by atoms with Crippen molar-refractivity contribution in [1.82, 2.24) is 14.1 Å². The van der Waals surface area contributed by atoms with Gasteiger partial charge in [0.25, 0.3) is 5.56 Å². The number of ether oxygens (including phenoxy) is 1. The fourth-order valence-electron chi connectivity index (χ4n) is 3.96. The van der Waals surface area contributed by atoms with E-state index >= 15 is 0 Å². The molecule has 0 radical (unpaired) electrons. The van der Waals surface area contributed by atoms with Crippen molar-refractivity contribution in [1.29, 1.82) is 0 Å². The zero-order valence-corrected chi connectivity index (χ0v) is 19.4. The number of hydrogen-bond acceptors (Lipinski definition) is 8. The largest absolute Gasteiger partial charge is 0.469 e. The molecular formula is C22H24N3O9P. The van der Waals surface area contributed by atoms with Gasteiger partial charge in [-0.05, 0) is 29.7 Å². The van der Waals surface area contributed by atoms with E-state index in [2.05, 4.69) is 9.51 Å². The molecule has 0 aliphatic carbocycles. The monoisotopic (exact) mass is 505 g/mol. The Labute approximate surface area is 198 Å². The normalized spacial score (nSPS) is 22.4. The van der Waals surface area contributed by atoms with E-state index in [1.807, 2.05) is 43.3 Å². The molecule has 0 amide bonds. The van der Waals surface area contributed by atoms with Crippen LogP contribution in [-0.2, 0) is 20.4 Å². The van der Waals surface area contributed by atoms with E-state index in [9.17, 15) is 24.4 Å². The predicted octanol–water partition coefficient (Wildman–Crippen LogP) is 0.157. The Morgan fingerprint density at radius 2 is 1.80 bits per heavy atom. The number of phosphoric acid groups is 1. The van der Waals surface area contributed by atoms with E-state index in [1.54, 1.807) is 6.20 Å². The van der Waals surface area contributed by atoms with Gasteiger partial charge >= 0.3 is 13.5 Å². The van der Waals surface area contributed by atoms with Gasteiger partial charge in [0.05, 0.1) is 18.8 Å². The number of hydrogen-bond donors (Lipinski definition) is 4. The van der Waals surface area contributed by atoms with Crippen LogP contribution in [-0.4, -0.2) is 59.0 Å². The summed E-state index contributed by atoms with van der Waals surface area (Å²) in [7, 11) is -4.84. The Balaban J connectivity index is 1.64. The number of aliphatic hydroxyl groups is 2. The number of aromatic nitrogens is 3. The van der Waals surface area contributed by atoms with Crippen LogP contribution >= 0.6 is 7.82 Å². The first-order valence-electron chi connectivity index (χ1n) is 10.6. The van der Waals surface area contributed by atoms with Crippen molar-refractivity contribution >= 4 is 7.82 Å². The molecule has 35 heavy (non-hydrogen) atoms. The molecule has 2 aromatic heterocycles. The van der Waals surface area contributed by atoms with Crippen LogP contribution in [0.25, 0.3) is 11.1 Å². The molecule has 4 rings (SSSR count). The highest BCUT2D eigenvalue weighted by Gasteiger charge is 2.45. The molecule has 0 bridgehead atoms. The fraction of sp³-hybridized carbons (Fsp3) is 0.318. The molecule has 4 N–H and O–H groups in total. The van der Waals surface area contributed by atoms with Crippen LogP contribution in [0.3, 0.4) is 0 Å². The van der Waals surface area contributed by atoms with Gasteiger partial charge in [0.2, 0.25) is 0 Å². The van der Waals surface area contributed by atoms with Crippen LogP contribution in [0, 0.1) is 6.92 Å². The van der Waals surface area contributed by atoms with E-state index in [0.29, 0.717) is 5.69 Å². The van der Waals surface area contributed by atoms with Crippen molar-refractivity contribution in [3.05, 3.63) is 87.0 Å². The fourth-order valence-corrected chi connectivity index (χ4v) is 4.30. The van der Waals surface area contributed by atoms with Crippen molar-refractivity contribution < 1.29 is 33.8 Å². The Hall–Kier alpha value is -2.96. The van der Waals surface area contributed by atoms with Gasteiger partial charge in [-0.2, -0.15) is 0 Å². The van der Waals surface area contributed by atoms with E-state index < -0.39 is 50.2 Å². The van der Waals surface area contributed by atoms with E-state index in [4.69, 9.17) is 14.5 Å². The average Bonchev–Trinajstić information content (AvgIpc) is 3.10. The standard InChI is InChI=1S/C22H24N3O9P/c1-13-15(14-5-3-2-4-6-14)7-9-23-16(13)11-25-18(26)8-10-24(22(25)29)21-20(28)19(27)17(34-21)12-33-35(30,31)32/h2-10,17,19-21,27-28H,11-12H2,1H3,(H2,30,31,32). The van der Waals surface area contributed by atoms with Gasteiger partial charge in [0, 0.05) is 18.5 Å². The Kier molecular flexibility index (Phi) is 7.15. The lowest BCUT2D eigenvalue weighted by Gasteiger charge is -2.19. The Bertz CT molecular complexity index is 1370. The van der Waals surface area contributed by atoms with E-state index in [0.717, 1.165) is 38.1 Å². The number of nitrogens with zero attached hydrogens (tertiary/aromatic N) is 3. The number of rotatable bonds is 7. The lowest BCUT2D eigenvalue weighted by atomic mass is 10.0. The van der Waals surface area contributed by atoms with Crippen LogP contribution in [0.15, 0.2) is 64.4 Å². The molecule has 12 nitrogen and oxygen atoms in total. The summed E-state index contributed by atoms with van der Waals surface area (Å²) in [6.07, 6.45) is -3.24. The average molecular weight is 505 g/mol. The number of aliphatic hydroxyl groups excluding tert-OH is 2. The van der Waals surface area contributed by atoms with Crippen molar-refractivity contribution in [2.75, 3.05) is 6.61 Å². The first-order chi connectivity index (χ1) is 16.6. The van der Waals surface area contributed by atoms with Crippen LogP contribution in [0.5, 0.6) is 0 Å². The summed E-state index contributed by atoms with van der Waals surface area (Å²) in [5.74, 6) is 0. The molecule has 3 aromatic rings. The number of phosphoric ester groups is 1. The molecule has 3 heterocycles. The maximum absolute atomic E-state index is 13.2. The third-order valence-corrected chi connectivity index (χ3v) is 6.30. The highest BCUT2D eigenvalue weighted by Crippen LogP contribution is 2.38. The van der Waals surface area contributed by atoms with Crippen LogP contribution in [0.1, 0.15) is 17.5 Å². The van der Waals surface area contributed by atoms with Crippen molar-refractivity contribution in [2.24, 2.45) is 0 Å². The van der Waals surface area contributed by atoms with E-state index in [-0.39, 0.29) is 6.54 Å². The van der Waals surface area contributed by atoms with Gasteiger partial charge in [-0.25, -0.2) is 9.36 Å². The highest BCUT2D eigenvalue weighted by molar-refractivity contribution is 7.46. The summed E-state index contributed by atoms with van der Waals surface area (Å²) >= 11 is 0. The lowest BCUT2D eigenvalue weighted by Crippen LogP contribution is -2.43. The zero-order chi connectivity index (χ0) is 25.3. The smallest absolute Gasteiger partial charge is 0.387 e. The quantitative estimate of drug-likeness (QED) is 0.324. The highest BCUT2D eigenvalue weighted by atomic mass is 31.2. The molecule has 1 fully saturated rings. The van der Waals surface area contributed by atoms with E-state index in [1.165, 1.54) is 0 Å². The summed E-state index contributed by atoms with van der Waals surface area (Å²) in [5, 5.41) is 20.6. The summed E-state index contributed by atoms with van der Waals surface area (Å²) < 4.78 is 22.6. The minimum absolute atomic E-state index is 0.152. The lowest BCUT2D eigenvalue weighted by molar-refractivity contribution is -0.0548. The van der Waals surface area contributed by atoms with Crippen LogP contribution in [0.2, 0.25) is 0 Å². The van der Waals surface area contributed by atoms with Crippen molar-refractivity contribution in [2.45, 2.75) is 38.0 Å². The predicted molar refractivity (Wildman–Crippen MR) is 122 cm³/mol. The summed E-state index contributed by atoms with van der Waals surface area (Å²) in [6, 6.07) is 12.5. The third-order valence-electron chi connectivity index (χ3n) is 5.81. The zero-order valence-electron chi connectivity index (χ0n) is 18.5. The van der Waals surface area contributed by atoms with Gasteiger partial charge in [0.15, 0.2) is 6.23 Å². The Morgan fingerprint density at radius 3 is 2.49 bits per heavy atom. The summed E-state index contributed by atoms with van der Waals surface area (Å²) in [4.78, 5) is 47.8. The number of benzene rings is 1. The maximum atomic E-state index is 13.2. The first-order valence-corrected chi connectivity index (χ1v) is 12.1. The van der Waals surface area contributed by atoms with Gasteiger partial charge in [-0.15, -0.1) is 0 Å². The second kappa shape index (κ2) is 9.96. The minimum atomic E-state index is -4.84. The molecule has 186 valence electrons. The summed E-state index contributed by atoms with van der Waals surface area (Å²) in [5.41, 5.74) is 1.69. The van der Waals surface area contributed by atoms with Gasteiger partial charge in [-0.3, -0.25) is 23.4 Å². The second-order valence-electron chi connectivity index (χ2n) is 8.06. The third kappa shape index (κ3) is 5.34. The topological polar surface area (TPSA) is 173 Å². The molecular weight excluding hydrogens is 481 g/mol. The SMILES string of the molecule is Cc1c(-c2ccccc2)ccnc1Cn1c(=O)ccn(C2OC(COP(=O)(O)O)C(O)C2O)c1=O. The van der Waals surface area contributed by atoms with Gasteiger partial charge in [0.1, 0.15) is 18.3 Å². The number of pyridine rings is 1. The molecule has 1 saturated heterocycles. The first kappa shape index (κ1) is 25.1.